The van der Waals surface area contributed by atoms with Crippen LogP contribution in [0.4, 0.5) is 24.7 Å². The average Bonchev–Trinajstić information content (AvgIpc) is 2.25. The Bertz CT molecular complexity index is 562. The molecule has 2 aromatic rings. The molecular formula is C10H5ClF3N3. The molecular weight excluding hydrogens is 255 g/mol. The van der Waals surface area contributed by atoms with Gasteiger partial charge in [-0.1, -0.05) is 11.6 Å². The molecule has 1 heterocycles. The fraction of sp³-hybridized carbons (Fsp3) is 0. The van der Waals surface area contributed by atoms with E-state index >= 15 is 0 Å². The molecule has 0 unspecified atom stereocenters. The van der Waals surface area contributed by atoms with Crippen LogP contribution in [0.25, 0.3) is 0 Å². The summed E-state index contributed by atoms with van der Waals surface area (Å²) < 4.78 is 39.1. The Labute approximate surface area is 99.3 Å². The van der Waals surface area contributed by atoms with E-state index in [1.165, 1.54) is 6.07 Å². The lowest BCUT2D eigenvalue weighted by atomic mass is 10.3. The zero-order valence-corrected chi connectivity index (χ0v) is 8.97. The fourth-order valence-electron chi connectivity index (χ4n) is 1.19. The number of hydrogen-bond donors (Lipinski definition) is 1. The third-order valence-electron chi connectivity index (χ3n) is 1.89. The van der Waals surface area contributed by atoms with E-state index in [1.54, 1.807) is 0 Å². The van der Waals surface area contributed by atoms with E-state index in [0.717, 1.165) is 12.4 Å². The van der Waals surface area contributed by atoms with E-state index in [2.05, 4.69) is 15.3 Å². The first-order valence-electron chi connectivity index (χ1n) is 4.45. The Morgan fingerprint density at radius 3 is 2.53 bits per heavy atom. The normalized spacial score (nSPS) is 10.4. The molecule has 0 saturated carbocycles. The predicted molar refractivity (Wildman–Crippen MR) is 56.6 cm³/mol. The van der Waals surface area contributed by atoms with Gasteiger partial charge in [-0.3, -0.25) is 0 Å². The third-order valence-corrected chi connectivity index (χ3v) is 2.10. The highest BCUT2D eigenvalue weighted by Gasteiger charge is 2.11. The van der Waals surface area contributed by atoms with Crippen LogP contribution in [0, 0.1) is 17.5 Å². The Hall–Kier alpha value is -1.82. The van der Waals surface area contributed by atoms with Crippen LogP contribution < -0.4 is 5.32 Å². The quantitative estimate of drug-likeness (QED) is 0.664. The number of rotatable bonds is 2. The van der Waals surface area contributed by atoms with Crippen LogP contribution in [0.15, 0.2) is 24.5 Å². The summed E-state index contributed by atoms with van der Waals surface area (Å²) in [5.41, 5.74) is -0.364. The zero-order chi connectivity index (χ0) is 12.4. The summed E-state index contributed by atoms with van der Waals surface area (Å²) in [6.45, 7) is 0. The lowest BCUT2D eigenvalue weighted by Crippen LogP contribution is -1.99. The summed E-state index contributed by atoms with van der Waals surface area (Å²) in [6.07, 6.45) is 1.14. The Morgan fingerprint density at radius 2 is 1.82 bits per heavy atom. The van der Waals surface area contributed by atoms with Crippen molar-refractivity contribution >= 4 is 23.1 Å². The fourth-order valence-corrected chi connectivity index (χ4v) is 1.33. The van der Waals surface area contributed by atoms with Crippen molar-refractivity contribution in [3.8, 4) is 0 Å². The molecule has 0 radical (unpaired) electrons. The molecule has 0 aliphatic carbocycles. The van der Waals surface area contributed by atoms with Gasteiger partial charge in [0.05, 0.1) is 5.69 Å². The van der Waals surface area contributed by atoms with Gasteiger partial charge in [-0.05, 0) is 0 Å². The highest BCUT2D eigenvalue weighted by atomic mass is 35.5. The topological polar surface area (TPSA) is 37.8 Å². The van der Waals surface area contributed by atoms with Gasteiger partial charge in [-0.15, -0.1) is 0 Å². The highest BCUT2D eigenvalue weighted by molar-refractivity contribution is 6.29. The molecule has 0 aliphatic rings. The maximum absolute atomic E-state index is 13.3. The molecule has 0 atom stereocenters. The Balaban J connectivity index is 2.36. The van der Waals surface area contributed by atoms with Crippen molar-refractivity contribution < 1.29 is 13.2 Å². The first-order valence-corrected chi connectivity index (χ1v) is 4.83. The minimum atomic E-state index is -1.28. The molecule has 7 heteroatoms. The van der Waals surface area contributed by atoms with E-state index in [9.17, 15) is 13.2 Å². The third kappa shape index (κ3) is 2.65. The lowest BCUT2D eigenvalue weighted by Gasteiger charge is -2.07. The van der Waals surface area contributed by atoms with Gasteiger partial charge >= 0.3 is 0 Å². The van der Waals surface area contributed by atoms with Crippen molar-refractivity contribution in [3.63, 3.8) is 0 Å². The summed E-state index contributed by atoms with van der Waals surface area (Å²) in [7, 11) is 0. The van der Waals surface area contributed by atoms with E-state index in [4.69, 9.17) is 11.6 Å². The largest absolute Gasteiger partial charge is 0.338 e. The maximum atomic E-state index is 13.3. The minimum Gasteiger partial charge on any atom is -0.338 e. The van der Waals surface area contributed by atoms with Crippen molar-refractivity contribution in [2.24, 2.45) is 0 Å². The molecule has 17 heavy (non-hydrogen) atoms. The highest BCUT2D eigenvalue weighted by Crippen LogP contribution is 2.22. The summed E-state index contributed by atoms with van der Waals surface area (Å²) >= 11 is 5.58. The van der Waals surface area contributed by atoms with Crippen molar-refractivity contribution in [1.29, 1.82) is 0 Å². The monoisotopic (exact) mass is 259 g/mol. The first-order chi connectivity index (χ1) is 8.06. The number of nitrogens with zero attached hydrogens (tertiary/aromatic N) is 2. The molecule has 0 aliphatic heterocycles. The van der Waals surface area contributed by atoms with Gasteiger partial charge in [0.2, 0.25) is 0 Å². The van der Waals surface area contributed by atoms with E-state index in [1.807, 2.05) is 0 Å². The predicted octanol–water partition coefficient (Wildman–Crippen LogP) is 3.29. The molecule has 3 nitrogen and oxygen atoms in total. The first kappa shape index (κ1) is 11.7. The SMILES string of the molecule is Fc1cc(F)c(F)c(Nc2cc(Cl)ncn2)c1. The second-order valence-corrected chi connectivity index (χ2v) is 3.49. The molecule has 2 rings (SSSR count). The summed E-state index contributed by atoms with van der Waals surface area (Å²) in [6, 6.07) is 2.56. The van der Waals surface area contributed by atoms with Crippen LogP contribution in [-0.4, -0.2) is 9.97 Å². The van der Waals surface area contributed by atoms with Crippen LogP contribution in [0.3, 0.4) is 0 Å². The molecule has 1 aromatic heterocycles. The molecule has 0 spiro atoms. The molecule has 0 fully saturated rings. The molecule has 88 valence electrons. The smallest absolute Gasteiger partial charge is 0.182 e. The molecule has 0 amide bonds. The van der Waals surface area contributed by atoms with Crippen molar-refractivity contribution in [2.45, 2.75) is 0 Å². The van der Waals surface area contributed by atoms with E-state index in [-0.39, 0.29) is 16.7 Å². The van der Waals surface area contributed by atoms with Crippen LogP contribution >= 0.6 is 11.6 Å². The number of aromatic nitrogens is 2. The summed E-state index contributed by atoms with van der Waals surface area (Å²) in [5, 5.41) is 2.53. The number of hydrogen-bond acceptors (Lipinski definition) is 3. The van der Waals surface area contributed by atoms with Gasteiger partial charge in [0.25, 0.3) is 0 Å². The number of benzene rings is 1. The van der Waals surface area contributed by atoms with E-state index < -0.39 is 17.5 Å². The Kier molecular flexibility index (Phi) is 3.14. The van der Waals surface area contributed by atoms with Gasteiger partial charge in [0.1, 0.15) is 23.1 Å². The van der Waals surface area contributed by atoms with E-state index in [0.29, 0.717) is 6.07 Å². The van der Waals surface area contributed by atoms with Crippen LogP contribution in [0.1, 0.15) is 0 Å². The summed E-state index contributed by atoms with van der Waals surface area (Å²) in [5.74, 6) is -3.24. The number of halogens is 4. The number of nitrogens with one attached hydrogen (secondary N) is 1. The average molecular weight is 260 g/mol. The molecule has 0 saturated heterocycles. The van der Waals surface area contributed by atoms with Gasteiger partial charge in [-0.25, -0.2) is 23.1 Å². The maximum Gasteiger partial charge on any atom is 0.182 e. The lowest BCUT2D eigenvalue weighted by molar-refractivity contribution is 0.498. The van der Waals surface area contributed by atoms with Crippen molar-refractivity contribution in [3.05, 3.63) is 47.1 Å². The Morgan fingerprint density at radius 1 is 1.06 bits per heavy atom. The summed E-state index contributed by atoms with van der Waals surface area (Å²) in [4.78, 5) is 7.33. The standard InChI is InChI=1S/C10H5ClF3N3/c11-8-3-9(16-4-15-8)17-7-2-5(12)1-6(13)10(7)14/h1-4H,(H,15,16,17). The zero-order valence-electron chi connectivity index (χ0n) is 8.22. The van der Waals surface area contributed by atoms with Crippen LogP contribution in [0.2, 0.25) is 5.15 Å². The number of anilines is 2. The second kappa shape index (κ2) is 4.58. The van der Waals surface area contributed by atoms with Gasteiger partial charge < -0.3 is 5.32 Å². The van der Waals surface area contributed by atoms with Crippen molar-refractivity contribution in [2.75, 3.05) is 5.32 Å². The van der Waals surface area contributed by atoms with Gasteiger partial charge in [0, 0.05) is 18.2 Å². The van der Waals surface area contributed by atoms with Crippen LogP contribution in [0.5, 0.6) is 0 Å². The van der Waals surface area contributed by atoms with Crippen LogP contribution in [-0.2, 0) is 0 Å². The molecule has 1 aromatic carbocycles. The van der Waals surface area contributed by atoms with Crippen molar-refractivity contribution in [1.82, 2.24) is 9.97 Å². The molecule has 1 N–H and O–H groups in total. The minimum absolute atomic E-state index is 0.125. The second-order valence-electron chi connectivity index (χ2n) is 3.10. The van der Waals surface area contributed by atoms with Gasteiger partial charge in [0.15, 0.2) is 11.6 Å². The molecule has 0 bridgehead atoms. The van der Waals surface area contributed by atoms with Gasteiger partial charge in [-0.2, -0.15) is 0 Å².